The van der Waals surface area contributed by atoms with Crippen molar-refractivity contribution in [3.8, 4) is 16.9 Å². The Bertz CT molecular complexity index is 581. The van der Waals surface area contributed by atoms with E-state index in [0.29, 0.717) is 0 Å². The molecule has 0 aliphatic carbocycles. The maximum absolute atomic E-state index is 5.66. The van der Waals surface area contributed by atoms with Gasteiger partial charge in [0, 0.05) is 18.3 Å². The molecule has 1 aromatic carbocycles. The van der Waals surface area contributed by atoms with Crippen LogP contribution in [0.15, 0.2) is 36.7 Å². The first-order valence-electron chi connectivity index (χ1n) is 7.63. The lowest BCUT2D eigenvalue weighted by Gasteiger charge is -2.11. The molecule has 0 spiro atoms. The largest absolute Gasteiger partial charge is 0.492 e. The summed E-state index contributed by atoms with van der Waals surface area (Å²) in [5, 5.41) is 3.35. The van der Waals surface area contributed by atoms with E-state index in [1.807, 2.05) is 6.20 Å². The van der Waals surface area contributed by atoms with Gasteiger partial charge in [-0.05, 0) is 42.6 Å². The van der Waals surface area contributed by atoms with Crippen LogP contribution in [0.2, 0.25) is 0 Å². The normalized spacial score (nSPS) is 10.6. The molecule has 2 aromatic rings. The fraction of sp³-hybridized carbons (Fsp3) is 0.389. The third-order valence-electron chi connectivity index (χ3n) is 3.37. The molecule has 1 aromatic heterocycles. The highest BCUT2D eigenvalue weighted by molar-refractivity contribution is 5.67. The second kappa shape index (κ2) is 7.79. The lowest BCUT2D eigenvalue weighted by molar-refractivity contribution is 0.316. The fourth-order valence-corrected chi connectivity index (χ4v) is 2.29. The number of pyridine rings is 1. The summed E-state index contributed by atoms with van der Waals surface area (Å²) in [6.07, 6.45) is 4.67. The van der Waals surface area contributed by atoms with Crippen molar-refractivity contribution in [2.75, 3.05) is 13.2 Å². The minimum atomic E-state index is 0.728. The number of nitrogens with one attached hydrogen (secondary N) is 1. The van der Waals surface area contributed by atoms with E-state index < -0.39 is 0 Å². The molecule has 3 nitrogen and oxygen atoms in total. The number of aromatic nitrogens is 1. The summed E-state index contributed by atoms with van der Waals surface area (Å²) < 4.78 is 5.66. The molecule has 0 atom stereocenters. The van der Waals surface area contributed by atoms with Crippen LogP contribution in [-0.4, -0.2) is 18.1 Å². The predicted molar refractivity (Wildman–Crippen MR) is 87.6 cm³/mol. The van der Waals surface area contributed by atoms with Gasteiger partial charge in [0.25, 0.3) is 0 Å². The van der Waals surface area contributed by atoms with E-state index in [4.69, 9.17) is 4.74 Å². The van der Waals surface area contributed by atoms with Gasteiger partial charge < -0.3 is 10.1 Å². The molecule has 0 unspecified atom stereocenters. The number of hydrogen-bond donors (Lipinski definition) is 1. The van der Waals surface area contributed by atoms with Gasteiger partial charge in [0.05, 0.1) is 12.8 Å². The maximum atomic E-state index is 5.66. The summed E-state index contributed by atoms with van der Waals surface area (Å²) in [6.45, 7) is 8.99. The number of rotatable bonds is 7. The summed E-state index contributed by atoms with van der Waals surface area (Å²) in [5.74, 6) is 0.838. The van der Waals surface area contributed by atoms with E-state index >= 15 is 0 Å². The zero-order valence-electron chi connectivity index (χ0n) is 13.1. The first-order valence-corrected chi connectivity index (χ1v) is 7.63. The Morgan fingerprint density at radius 1 is 1.14 bits per heavy atom. The number of ether oxygens (including phenoxy) is 1. The van der Waals surface area contributed by atoms with Gasteiger partial charge in [0.1, 0.15) is 5.75 Å². The molecule has 0 radical (unpaired) electrons. The molecule has 0 bridgehead atoms. The Morgan fingerprint density at radius 3 is 2.71 bits per heavy atom. The van der Waals surface area contributed by atoms with Crippen LogP contribution in [0.4, 0.5) is 0 Å². The summed E-state index contributed by atoms with van der Waals surface area (Å²) in [4.78, 5) is 4.29. The minimum Gasteiger partial charge on any atom is -0.492 e. The van der Waals surface area contributed by atoms with Crippen LogP contribution in [0.1, 0.15) is 31.4 Å². The average Bonchev–Trinajstić information content (AvgIpc) is 2.51. The van der Waals surface area contributed by atoms with Crippen LogP contribution in [0.5, 0.6) is 5.75 Å². The molecule has 0 fully saturated rings. The number of aryl methyl sites for hydroxylation is 1. The van der Waals surface area contributed by atoms with Gasteiger partial charge in [0.15, 0.2) is 0 Å². The van der Waals surface area contributed by atoms with Crippen LogP contribution >= 0.6 is 0 Å². The van der Waals surface area contributed by atoms with Gasteiger partial charge in [-0.3, -0.25) is 4.98 Å². The number of benzene rings is 1. The molecule has 0 aliphatic rings. The van der Waals surface area contributed by atoms with E-state index in [-0.39, 0.29) is 0 Å². The number of nitrogens with zero attached hydrogens (tertiary/aromatic N) is 1. The monoisotopic (exact) mass is 284 g/mol. The van der Waals surface area contributed by atoms with Gasteiger partial charge >= 0.3 is 0 Å². The Kier molecular flexibility index (Phi) is 5.76. The van der Waals surface area contributed by atoms with E-state index in [2.05, 4.69) is 55.3 Å². The van der Waals surface area contributed by atoms with Crippen molar-refractivity contribution in [2.24, 2.45) is 0 Å². The molecule has 1 N–H and O–H groups in total. The fourth-order valence-electron chi connectivity index (χ4n) is 2.29. The van der Waals surface area contributed by atoms with Crippen molar-refractivity contribution in [3.63, 3.8) is 0 Å². The van der Waals surface area contributed by atoms with Crippen molar-refractivity contribution in [2.45, 2.75) is 33.7 Å². The summed E-state index contributed by atoms with van der Waals surface area (Å²) in [5.41, 5.74) is 4.89. The Labute approximate surface area is 127 Å². The molecule has 112 valence electrons. The molecule has 0 amide bonds. The third kappa shape index (κ3) is 4.30. The summed E-state index contributed by atoms with van der Waals surface area (Å²) in [7, 11) is 0. The van der Waals surface area contributed by atoms with Crippen molar-refractivity contribution >= 4 is 0 Å². The topological polar surface area (TPSA) is 34.1 Å². The molecular weight excluding hydrogens is 260 g/mol. The van der Waals surface area contributed by atoms with E-state index in [9.17, 15) is 0 Å². The summed E-state index contributed by atoms with van der Waals surface area (Å²) in [6, 6.07) is 8.64. The lowest BCUT2D eigenvalue weighted by Crippen LogP contribution is -2.11. The SMILES string of the molecule is CCCOc1cncc(-c2ccc(CNCC)cc2C)c1. The van der Waals surface area contributed by atoms with Crippen molar-refractivity contribution in [3.05, 3.63) is 47.8 Å². The second-order valence-corrected chi connectivity index (χ2v) is 5.19. The van der Waals surface area contributed by atoms with Crippen LogP contribution in [-0.2, 0) is 6.54 Å². The predicted octanol–water partition coefficient (Wildman–Crippen LogP) is 3.96. The molecule has 3 heteroatoms. The van der Waals surface area contributed by atoms with Crippen LogP contribution in [0.25, 0.3) is 11.1 Å². The lowest BCUT2D eigenvalue weighted by atomic mass is 9.99. The Balaban J connectivity index is 2.21. The van der Waals surface area contributed by atoms with E-state index in [1.54, 1.807) is 6.20 Å². The Morgan fingerprint density at radius 2 is 2.00 bits per heavy atom. The number of hydrogen-bond acceptors (Lipinski definition) is 3. The van der Waals surface area contributed by atoms with Gasteiger partial charge in [-0.1, -0.05) is 32.0 Å². The highest BCUT2D eigenvalue weighted by Gasteiger charge is 2.05. The van der Waals surface area contributed by atoms with Gasteiger partial charge in [-0.2, -0.15) is 0 Å². The molecule has 2 rings (SSSR count). The average molecular weight is 284 g/mol. The Hall–Kier alpha value is -1.87. The highest BCUT2D eigenvalue weighted by atomic mass is 16.5. The minimum absolute atomic E-state index is 0.728. The van der Waals surface area contributed by atoms with E-state index in [1.165, 1.54) is 16.7 Å². The molecule has 0 saturated heterocycles. The van der Waals surface area contributed by atoms with Crippen molar-refractivity contribution < 1.29 is 4.74 Å². The zero-order valence-corrected chi connectivity index (χ0v) is 13.1. The molecular formula is C18H24N2O. The maximum Gasteiger partial charge on any atom is 0.138 e. The molecule has 0 aliphatic heterocycles. The van der Waals surface area contributed by atoms with Crippen molar-refractivity contribution in [1.82, 2.24) is 10.3 Å². The molecule has 0 saturated carbocycles. The van der Waals surface area contributed by atoms with Crippen LogP contribution < -0.4 is 10.1 Å². The van der Waals surface area contributed by atoms with Gasteiger partial charge in [-0.15, -0.1) is 0 Å². The molecule has 1 heterocycles. The first-order chi connectivity index (χ1) is 10.2. The first kappa shape index (κ1) is 15.5. The zero-order chi connectivity index (χ0) is 15.1. The van der Waals surface area contributed by atoms with Gasteiger partial charge in [-0.25, -0.2) is 0 Å². The summed E-state index contributed by atoms with van der Waals surface area (Å²) >= 11 is 0. The standard InChI is InChI=1S/C18H24N2O/c1-4-8-21-17-10-16(12-20-13-17)18-7-6-15(9-14(18)3)11-19-5-2/h6-7,9-10,12-13,19H,4-5,8,11H2,1-3H3. The van der Waals surface area contributed by atoms with Crippen molar-refractivity contribution in [1.29, 1.82) is 0 Å². The smallest absolute Gasteiger partial charge is 0.138 e. The quantitative estimate of drug-likeness (QED) is 0.835. The molecule has 21 heavy (non-hydrogen) atoms. The third-order valence-corrected chi connectivity index (χ3v) is 3.37. The second-order valence-electron chi connectivity index (χ2n) is 5.19. The highest BCUT2D eigenvalue weighted by Crippen LogP contribution is 2.26. The van der Waals surface area contributed by atoms with E-state index in [0.717, 1.165) is 37.4 Å². The van der Waals surface area contributed by atoms with Gasteiger partial charge in [0.2, 0.25) is 0 Å². The van der Waals surface area contributed by atoms with Crippen LogP contribution in [0.3, 0.4) is 0 Å². The van der Waals surface area contributed by atoms with Crippen LogP contribution in [0, 0.1) is 6.92 Å².